The lowest BCUT2D eigenvalue weighted by Crippen LogP contribution is -2.34. The van der Waals surface area contributed by atoms with Crippen molar-refractivity contribution in [3.05, 3.63) is 53.1 Å². The first-order chi connectivity index (χ1) is 13.9. The largest absolute Gasteiger partial charge is 0.298 e. The van der Waals surface area contributed by atoms with E-state index in [-0.39, 0.29) is 29.7 Å². The van der Waals surface area contributed by atoms with E-state index in [1.165, 1.54) is 39.9 Å². The fourth-order valence-corrected chi connectivity index (χ4v) is 5.82. The van der Waals surface area contributed by atoms with Gasteiger partial charge in [0.1, 0.15) is 5.52 Å². The fourth-order valence-electron chi connectivity index (χ4n) is 2.61. The summed E-state index contributed by atoms with van der Waals surface area (Å²) in [4.78, 5) is 16.9. The molecule has 0 aliphatic heterocycles. The monoisotopic (exact) mass is 491 g/mol. The maximum absolute atomic E-state index is 12.7. The molecule has 1 N–H and O–H groups in total. The predicted molar refractivity (Wildman–Crippen MR) is 119 cm³/mol. The van der Waals surface area contributed by atoms with Crippen LogP contribution in [0.5, 0.6) is 0 Å². The van der Waals surface area contributed by atoms with E-state index in [9.17, 15) is 13.2 Å². The highest BCUT2D eigenvalue weighted by Crippen LogP contribution is 2.30. The molecule has 0 saturated carbocycles. The molecule has 0 spiro atoms. The molecule has 0 saturated heterocycles. The number of fused-ring (bicyclic) bond motifs is 1. The van der Waals surface area contributed by atoms with Crippen LogP contribution in [0.2, 0.25) is 5.02 Å². The van der Waals surface area contributed by atoms with Crippen LogP contribution >= 0.6 is 46.1 Å². The summed E-state index contributed by atoms with van der Waals surface area (Å²) in [6.45, 7) is 0.304. The number of nitrogens with zero attached hydrogens (tertiary/aromatic N) is 2. The van der Waals surface area contributed by atoms with E-state index in [1.807, 2.05) is 12.1 Å². The first-order valence-electron chi connectivity index (χ1n) is 8.45. The highest BCUT2D eigenvalue weighted by molar-refractivity contribution is 7.89. The minimum Gasteiger partial charge on any atom is -0.298 e. The van der Waals surface area contributed by atoms with Crippen molar-refractivity contribution in [2.24, 2.45) is 0 Å². The second-order valence-electron chi connectivity index (χ2n) is 5.87. The second-order valence-corrected chi connectivity index (χ2v) is 10.00. The van der Waals surface area contributed by atoms with Gasteiger partial charge < -0.3 is 0 Å². The molecule has 1 heterocycles. The number of rotatable bonds is 8. The number of amides is 1. The number of alkyl halides is 2. The Morgan fingerprint density at radius 1 is 1.07 bits per heavy atom. The van der Waals surface area contributed by atoms with Crippen LogP contribution in [-0.2, 0) is 10.0 Å². The van der Waals surface area contributed by atoms with Gasteiger partial charge >= 0.3 is 0 Å². The van der Waals surface area contributed by atoms with Gasteiger partial charge in [0.2, 0.25) is 10.0 Å². The summed E-state index contributed by atoms with van der Waals surface area (Å²) < 4.78 is 27.5. The van der Waals surface area contributed by atoms with Crippen LogP contribution in [0.3, 0.4) is 0 Å². The lowest BCUT2D eigenvalue weighted by atomic mass is 10.2. The number of hydrogen-bond donors (Lipinski definition) is 1. The summed E-state index contributed by atoms with van der Waals surface area (Å²) in [7, 11) is -3.74. The predicted octanol–water partition coefficient (Wildman–Crippen LogP) is 4.67. The fraction of sp³-hybridized carbons (Fsp3) is 0.222. The molecule has 3 aromatic rings. The smallest absolute Gasteiger partial charge is 0.257 e. The normalized spacial score (nSPS) is 11.9. The zero-order valence-electron chi connectivity index (χ0n) is 14.9. The van der Waals surface area contributed by atoms with Gasteiger partial charge in [-0.1, -0.05) is 29.0 Å². The Kier molecular flexibility index (Phi) is 7.37. The zero-order valence-corrected chi connectivity index (χ0v) is 18.8. The number of hydrogen-bond acceptors (Lipinski definition) is 5. The quantitative estimate of drug-likeness (QED) is 0.463. The van der Waals surface area contributed by atoms with Gasteiger partial charge in [-0.25, -0.2) is 13.4 Å². The van der Waals surface area contributed by atoms with Gasteiger partial charge in [0.15, 0.2) is 5.13 Å². The van der Waals surface area contributed by atoms with Crippen molar-refractivity contribution in [3.8, 4) is 0 Å². The molecule has 29 heavy (non-hydrogen) atoms. The standard InChI is InChI=1S/C18H16Cl3N3O3S2/c19-8-10-24(11-9-20)29(26,27)13-6-4-12(5-7-13)17(25)23-18-22-16-14(21)2-1-3-15(16)28-18/h1-7H,8-11H2,(H,22,23,25). The van der Waals surface area contributed by atoms with Crippen molar-refractivity contribution in [3.63, 3.8) is 0 Å². The third-order valence-corrected chi connectivity index (χ3v) is 7.50. The Bertz CT molecular complexity index is 1110. The molecule has 6 nitrogen and oxygen atoms in total. The topological polar surface area (TPSA) is 79.4 Å². The summed E-state index contributed by atoms with van der Waals surface area (Å²) in [5.74, 6) is -0.0894. The number of thiazole rings is 1. The molecule has 0 aliphatic rings. The molecule has 0 aliphatic carbocycles. The van der Waals surface area contributed by atoms with E-state index in [0.29, 0.717) is 21.2 Å². The first-order valence-corrected chi connectivity index (χ1v) is 12.2. The van der Waals surface area contributed by atoms with Crippen molar-refractivity contribution in [2.45, 2.75) is 4.90 Å². The maximum atomic E-state index is 12.7. The Hall–Kier alpha value is -1.42. The summed E-state index contributed by atoms with van der Waals surface area (Å²) in [5, 5.41) is 3.63. The number of benzene rings is 2. The molecular weight excluding hydrogens is 477 g/mol. The van der Waals surface area contributed by atoms with Crippen molar-refractivity contribution in [2.75, 3.05) is 30.2 Å². The maximum Gasteiger partial charge on any atom is 0.257 e. The molecule has 0 atom stereocenters. The van der Waals surface area contributed by atoms with Crippen LogP contribution in [0.4, 0.5) is 5.13 Å². The van der Waals surface area contributed by atoms with E-state index in [4.69, 9.17) is 34.8 Å². The van der Waals surface area contributed by atoms with Crippen LogP contribution in [0, 0.1) is 0 Å². The minimum absolute atomic E-state index is 0.0658. The number of carbonyl (C=O) groups excluding carboxylic acids is 1. The van der Waals surface area contributed by atoms with Crippen molar-refractivity contribution < 1.29 is 13.2 Å². The number of carbonyl (C=O) groups is 1. The number of sulfonamides is 1. The Morgan fingerprint density at radius 2 is 1.72 bits per heavy atom. The molecule has 0 bridgehead atoms. The number of nitrogens with one attached hydrogen (secondary N) is 1. The number of para-hydroxylation sites is 1. The summed E-state index contributed by atoms with van der Waals surface area (Å²) >= 11 is 18.8. The molecule has 1 amide bonds. The molecular formula is C18H16Cl3N3O3S2. The third-order valence-electron chi connectivity index (χ3n) is 4.01. The van der Waals surface area contributed by atoms with E-state index in [1.54, 1.807) is 6.07 Å². The summed E-state index contributed by atoms with van der Waals surface area (Å²) in [5.41, 5.74) is 0.921. The third kappa shape index (κ3) is 5.02. The van der Waals surface area contributed by atoms with Crippen molar-refractivity contribution in [1.29, 1.82) is 0 Å². The molecule has 154 valence electrons. The van der Waals surface area contributed by atoms with Gasteiger partial charge in [-0.15, -0.1) is 23.2 Å². The molecule has 0 fully saturated rings. The van der Waals surface area contributed by atoms with Gasteiger partial charge in [0.05, 0.1) is 14.6 Å². The van der Waals surface area contributed by atoms with Crippen LogP contribution in [0.1, 0.15) is 10.4 Å². The van der Waals surface area contributed by atoms with Gasteiger partial charge in [0, 0.05) is 30.4 Å². The van der Waals surface area contributed by atoms with Crippen LogP contribution in [0.15, 0.2) is 47.4 Å². The number of aromatic nitrogens is 1. The Labute approximate surface area is 187 Å². The minimum atomic E-state index is -3.74. The average molecular weight is 493 g/mol. The zero-order chi connectivity index (χ0) is 21.0. The van der Waals surface area contributed by atoms with Gasteiger partial charge in [-0.3, -0.25) is 10.1 Å². The lowest BCUT2D eigenvalue weighted by Gasteiger charge is -2.20. The molecule has 2 aromatic carbocycles. The molecule has 0 unspecified atom stereocenters. The summed E-state index contributed by atoms with van der Waals surface area (Å²) in [6, 6.07) is 11.1. The number of halogens is 3. The van der Waals surface area contributed by atoms with Crippen molar-refractivity contribution in [1.82, 2.24) is 9.29 Å². The molecule has 0 radical (unpaired) electrons. The molecule has 1 aromatic heterocycles. The highest BCUT2D eigenvalue weighted by atomic mass is 35.5. The van der Waals surface area contributed by atoms with Gasteiger partial charge in [0.25, 0.3) is 5.91 Å². The highest BCUT2D eigenvalue weighted by Gasteiger charge is 2.23. The van der Waals surface area contributed by atoms with Crippen LogP contribution in [-0.4, -0.2) is 48.5 Å². The van der Waals surface area contributed by atoms with E-state index in [0.717, 1.165) is 4.70 Å². The Morgan fingerprint density at radius 3 is 2.31 bits per heavy atom. The van der Waals surface area contributed by atoms with Crippen LogP contribution in [0.25, 0.3) is 10.2 Å². The van der Waals surface area contributed by atoms with E-state index in [2.05, 4.69) is 10.3 Å². The average Bonchev–Trinajstić information content (AvgIpc) is 3.12. The lowest BCUT2D eigenvalue weighted by molar-refractivity contribution is 0.102. The van der Waals surface area contributed by atoms with Gasteiger partial charge in [-0.2, -0.15) is 4.31 Å². The van der Waals surface area contributed by atoms with Crippen molar-refractivity contribution >= 4 is 77.4 Å². The van der Waals surface area contributed by atoms with E-state index < -0.39 is 15.9 Å². The van der Waals surface area contributed by atoms with Gasteiger partial charge in [-0.05, 0) is 36.4 Å². The number of anilines is 1. The Balaban J connectivity index is 1.78. The summed E-state index contributed by atoms with van der Waals surface area (Å²) in [6.07, 6.45) is 0. The second kappa shape index (κ2) is 9.59. The molecule has 11 heteroatoms. The molecule has 3 rings (SSSR count). The van der Waals surface area contributed by atoms with Crippen LogP contribution < -0.4 is 5.32 Å². The SMILES string of the molecule is O=C(Nc1nc2c(Cl)cccc2s1)c1ccc(S(=O)(=O)N(CCCl)CCCl)cc1. The van der Waals surface area contributed by atoms with E-state index >= 15 is 0 Å². The first kappa shape index (κ1) is 22.3.